The molecule has 0 bridgehead atoms. The van der Waals surface area contributed by atoms with Crippen molar-refractivity contribution in [3.05, 3.63) is 81.5 Å². The molecular weight excluding hydrogens is 430 g/mol. The number of rotatable bonds is 7. The number of benzene rings is 2. The zero-order valence-electron chi connectivity index (χ0n) is 19.2. The molecule has 8 nitrogen and oxygen atoms in total. The van der Waals surface area contributed by atoms with Crippen LogP contribution in [-0.2, 0) is 6.54 Å². The molecule has 8 heteroatoms. The molecule has 1 aliphatic rings. The molecule has 0 atom stereocenters. The fourth-order valence-corrected chi connectivity index (χ4v) is 4.90. The Hall–Kier alpha value is -3.78. The molecule has 0 radical (unpaired) electrons. The van der Waals surface area contributed by atoms with E-state index in [1.54, 1.807) is 18.2 Å². The van der Waals surface area contributed by atoms with E-state index in [0.717, 1.165) is 42.9 Å². The Kier molecular flexibility index (Phi) is 5.98. The first-order chi connectivity index (χ1) is 16.5. The Labute approximate surface area is 197 Å². The zero-order valence-corrected chi connectivity index (χ0v) is 19.2. The molecule has 3 heterocycles. The summed E-state index contributed by atoms with van der Waals surface area (Å²) in [7, 11) is 0. The number of aryl methyl sites for hydroxylation is 1. The van der Waals surface area contributed by atoms with Crippen molar-refractivity contribution in [2.75, 3.05) is 19.6 Å². The van der Waals surface area contributed by atoms with Gasteiger partial charge in [0, 0.05) is 19.2 Å². The average molecular weight is 458 g/mol. The van der Waals surface area contributed by atoms with Gasteiger partial charge in [0.2, 0.25) is 0 Å². The Morgan fingerprint density at radius 1 is 1.03 bits per heavy atom. The first-order valence-corrected chi connectivity index (χ1v) is 11.7. The Morgan fingerprint density at radius 3 is 2.50 bits per heavy atom. The van der Waals surface area contributed by atoms with E-state index < -0.39 is 4.92 Å². The molecule has 0 N–H and O–H groups in total. The maximum absolute atomic E-state index is 13.4. The molecule has 4 aromatic rings. The van der Waals surface area contributed by atoms with Crippen LogP contribution in [0.2, 0.25) is 0 Å². The number of allylic oxidation sites excluding steroid dienone is 1. The van der Waals surface area contributed by atoms with Crippen molar-refractivity contribution in [1.29, 1.82) is 0 Å². The summed E-state index contributed by atoms with van der Waals surface area (Å²) in [5, 5.41) is 16.0. The summed E-state index contributed by atoms with van der Waals surface area (Å²) in [5.41, 5.74) is 4.31. The smallest absolute Gasteiger partial charge is 0.276 e. The van der Waals surface area contributed by atoms with Crippen molar-refractivity contribution < 1.29 is 9.72 Å². The molecule has 34 heavy (non-hydrogen) atoms. The number of fused-ring (bicyclic) bond motifs is 3. The van der Waals surface area contributed by atoms with Crippen molar-refractivity contribution in [3.8, 4) is 0 Å². The predicted molar refractivity (Wildman–Crippen MR) is 132 cm³/mol. The van der Waals surface area contributed by atoms with Gasteiger partial charge in [0.25, 0.3) is 5.69 Å². The number of ketones is 1. The molecule has 0 spiro atoms. The molecule has 1 saturated heterocycles. The van der Waals surface area contributed by atoms with Gasteiger partial charge in [-0.15, -0.1) is 0 Å². The maximum Gasteiger partial charge on any atom is 0.276 e. The number of likely N-dealkylation sites (tertiary alicyclic amines) is 1. The van der Waals surface area contributed by atoms with E-state index in [2.05, 4.69) is 15.5 Å². The van der Waals surface area contributed by atoms with E-state index in [4.69, 9.17) is 5.10 Å². The standard InChI is InChI=1S/C26H27N5O3/c1-19-25(24(32)14-13-20-9-3-4-10-21(20)31(33)34)26-29(18-17-28-15-7-2-8-16-28)22-11-5-6-12-23(22)30(26)27-19/h3-6,9-14H,2,7-8,15-18H2,1H3/b14-13-. The Balaban J connectivity index is 1.55. The van der Waals surface area contributed by atoms with Crippen molar-refractivity contribution in [3.63, 3.8) is 0 Å². The van der Waals surface area contributed by atoms with Gasteiger partial charge in [0.05, 0.1) is 32.8 Å². The number of aromatic nitrogens is 3. The fourth-order valence-electron chi connectivity index (χ4n) is 4.90. The molecule has 1 fully saturated rings. The van der Waals surface area contributed by atoms with Crippen molar-refractivity contribution in [2.45, 2.75) is 32.7 Å². The summed E-state index contributed by atoms with van der Waals surface area (Å²) >= 11 is 0. The van der Waals surface area contributed by atoms with Gasteiger partial charge in [0.1, 0.15) is 5.65 Å². The first-order valence-electron chi connectivity index (χ1n) is 11.7. The van der Waals surface area contributed by atoms with E-state index >= 15 is 0 Å². The SMILES string of the molecule is Cc1nn2c3ccccc3n(CCN3CCCCC3)c2c1C(=O)/C=C\c1ccccc1[N+](=O)[O-]. The first kappa shape index (κ1) is 22.0. The molecular formula is C26H27N5O3. The highest BCUT2D eigenvalue weighted by Crippen LogP contribution is 2.27. The summed E-state index contributed by atoms with van der Waals surface area (Å²) in [6.07, 6.45) is 6.68. The van der Waals surface area contributed by atoms with Crippen LogP contribution in [0.3, 0.4) is 0 Å². The topological polar surface area (TPSA) is 85.7 Å². The van der Waals surface area contributed by atoms with Gasteiger partial charge in [-0.25, -0.2) is 4.52 Å². The molecule has 1 aliphatic heterocycles. The molecule has 2 aromatic heterocycles. The highest BCUT2D eigenvalue weighted by molar-refractivity contribution is 6.12. The molecule has 0 saturated carbocycles. The Morgan fingerprint density at radius 2 is 1.74 bits per heavy atom. The summed E-state index contributed by atoms with van der Waals surface area (Å²) in [6.45, 7) is 5.73. The molecule has 5 rings (SSSR count). The van der Waals surface area contributed by atoms with E-state index in [0.29, 0.717) is 16.8 Å². The van der Waals surface area contributed by atoms with Crippen molar-refractivity contribution >= 4 is 34.2 Å². The van der Waals surface area contributed by atoms with Gasteiger partial charge in [-0.1, -0.05) is 30.7 Å². The van der Waals surface area contributed by atoms with Crippen molar-refractivity contribution in [1.82, 2.24) is 19.1 Å². The number of nitro benzene ring substituents is 1. The highest BCUT2D eigenvalue weighted by Gasteiger charge is 2.23. The summed E-state index contributed by atoms with van der Waals surface area (Å²) in [6, 6.07) is 14.5. The van der Waals surface area contributed by atoms with Crippen LogP contribution in [0.5, 0.6) is 0 Å². The van der Waals surface area contributed by atoms with Crippen LogP contribution in [0.25, 0.3) is 22.8 Å². The number of carbonyl (C=O) groups is 1. The summed E-state index contributed by atoms with van der Waals surface area (Å²) < 4.78 is 4.04. The lowest BCUT2D eigenvalue weighted by Gasteiger charge is -2.26. The minimum absolute atomic E-state index is 0.0286. The second-order valence-electron chi connectivity index (χ2n) is 8.75. The number of hydrogen-bond donors (Lipinski definition) is 0. The Bertz CT molecular complexity index is 1410. The van der Waals surface area contributed by atoms with Gasteiger partial charge in [-0.2, -0.15) is 5.10 Å². The number of piperidine rings is 1. The number of hydrogen-bond acceptors (Lipinski definition) is 5. The van der Waals surface area contributed by atoms with E-state index in [1.807, 2.05) is 29.6 Å². The quantitative estimate of drug-likeness (QED) is 0.171. The van der Waals surface area contributed by atoms with Gasteiger partial charge in [-0.3, -0.25) is 14.9 Å². The third-order valence-electron chi connectivity index (χ3n) is 6.58. The highest BCUT2D eigenvalue weighted by atomic mass is 16.6. The van der Waals surface area contributed by atoms with Gasteiger partial charge in [0.15, 0.2) is 5.78 Å². The van der Waals surface area contributed by atoms with Crippen LogP contribution >= 0.6 is 0 Å². The molecule has 2 aromatic carbocycles. The monoisotopic (exact) mass is 457 g/mol. The maximum atomic E-state index is 13.4. The summed E-state index contributed by atoms with van der Waals surface area (Å²) in [4.78, 5) is 26.8. The second-order valence-corrected chi connectivity index (χ2v) is 8.75. The fraction of sp³-hybridized carbons (Fsp3) is 0.308. The normalized spacial score (nSPS) is 15.0. The zero-order chi connectivity index (χ0) is 23.7. The van der Waals surface area contributed by atoms with E-state index in [1.165, 1.54) is 37.5 Å². The van der Waals surface area contributed by atoms with Crippen LogP contribution in [0.4, 0.5) is 5.69 Å². The lowest BCUT2D eigenvalue weighted by Crippen LogP contribution is -2.32. The number of para-hydroxylation sites is 3. The van der Waals surface area contributed by atoms with Gasteiger partial charge >= 0.3 is 0 Å². The van der Waals surface area contributed by atoms with E-state index in [9.17, 15) is 14.9 Å². The number of carbonyl (C=O) groups excluding carboxylic acids is 1. The second kappa shape index (κ2) is 9.23. The lowest BCUT2D eigenvalue weighted by molar-refractivity contribution is -0.385. The van der Waals surface area contributed by atoms with Crippen LogP contribution in [0.15, 0.2) is 54.6 Å². The predicted octanol–water partition coefficient (Wildman–Crippen LogP) is 4.89. The minimum atomic E-state index is -0.438. The number of nitro groups is 1. The molecule has 0 aliphatic carbocycles. The average Bonchev–Trinajstić information content (AvgIpc) is 3.34. The largest absolute Gasteiger partial charge is 0.322 e. The van der Waals surface area contributed by atoms with Crippen LogP contribution in [0, 0.1) is 17.0 Å². The third-order valence-corrected chi connectivity index (χ3v) is 6.58. The van der Waals surface area contributed by atoms with Crippen molar-refractivity contribution in [2.24, 2.45) is 0 Å². The van der Waals surface area contributed by atoms with Gasteiger partial charge in [-0.05, 0) is 63.2 Å². The van der Waals surface area contributed by atoms with Crippen LogP contribution in [0.1, 0.15) is 40.9 Å². The molecule has 0 unspecified atom stereocenters. The van der Waals surface area contributed by atoms with Gasteiger partial charge < -0.3 is 9.47 Å². The van der Waals surface area contributed by atoms with E-state index in [-0.39, 0.29) is 11.5 Å². The van der Waals surface area contributed by atoms with Crippen LogP contribution < -0.4 is 0 Å². The van der Waals surface area contributed by atoms with Crippen LogP contribution in [-0.4, -0.2) is 49.4 Å². The third kappa shape index (κ3) is 4.01. The minimum Gasteiger partial charge on any atom is -0.322 e. The number of imidazole rings is 1. The summed E-state index contributed by atoms with van der Waals surface area (Å²) in [5.74, 6) is -0.215. The number of nitrogens with zero attached hydrogens (tertiary/aromatic N) is 5. The molecule has 174 valence electrons. The lowest BCUT2D eigenvalue weighted by atomic mass is 10.1. The molecule has 0 amide bonds.